The Labute approximate surface area is 181 Å². The van der Waals surface area contributed by atoms with Crippen LogP contribution in [-0.4, -0.2) is 45.9 Å². The summed E-state index contributed by atoms with van der Waals surface area (Å²) in [5.74, 6) is -3.14. The molecule has 168 valence electrons. The second-order valence-electron chi connectivity index (χ2n) is 8.00. The molecule has 1 aromatic heterocycles. The van der Waals surface area contributed by atoms with Crippen molar-refractivity contribution in [3.8, 4) is 0 Å². The van der Waals surface area contributed by atoms with Crippen LogP contribution in [0.2, 0.25) is 0 Å². The lowest BCUT2D eigenvalue weighted by molar-refractivity contribution is -0.116. The first-order valence-corrected chi connectivity index (χ1v) is 10.1. The van der Waals surface area contributed by atoms with Gasteiger partial charge in [0, 0.05) is 36.4 Å². The fourth-order valence-electron chi connectivity index (χ4n) is 4.09. The molecule has 1 saturated heterocycles. The molecule has 1 aromatic carbocycles. The van der Waals surface area contributed by atoms with E-state index in [0.29, 0.717) is 12.7 Å². The Morgan fingerprint density at radius 3 is 2.69 bits per heavy atom. The van der Waals surface area contributed by atoms with Crippen LogP contribution in [0.25, 0.3) is 0 Å². The Morgan fingerprint density at radius 2 is 2.00 bits per heavy atom. The van der Waals surface area contributed by atoms with Gasteiger partial charge in [0.05, 0.1) is 19.2 Å². The number of pyridine rings is 1. The maximum absolute atomic E-state index is 13.9. The van der Waals surface area contributed by atoms with E-state index in [-0.39, 0.29) is 53.7 Å². The van der Waals surface area contributed by atoms with Gasteiger partial charge in [-0.3, -0.25) is 19.2 Å². The number of rotatable bonds is 5. The summed E-state index contributed by atoms with van der Waals surface area (Å²) >= 11 is 0. The molecule has 0 spiro atoms. The van der Waals surface area contributed by atoms with E-state index in [9.17, 15) is 28.0 Å². The molecule has 1 fully saturated rings. The van der Waals surface area contributed by atoms with Gasteiger partial charge in [0.2, 0.25) is 0 Å². The van der Waals surface area contributed by atoms with Crippen molar-refractivity contribution < 1.29 is 27.9 Å². The number of benzene rings is 1. The zero-order valence-corrected chi connectivity index (χ0v) is 17.5. The lowest BCUT2D eigenvalue weighted by Crippen LogP contribution is -2.50. The van der Waals surface area contributed by atoms with E-state index in [0.717, 1.165) is 6.07 Å². The van der Waals surface area contributed by atoms with Crippen molar-refractivity contribution in [3.05, 3.63) is 68.6 Å². The number of Topliss-reactive ketones (excluding diaryl/α,β-unsaturated/α-hetero) is 1. The first-order valence-electron chi connectivity index (χ1n) is 10.1. The molecule has 0 aliphatic carbocycles. The third-order valence-corrected chi connectivity index (χ3v) is 5.61. The number of halogens is 2. The highest BCUT2D eigenvalue weighted by Gasteiger charge is 2.42. The van der Waals surface area contributed by atoms with E-state index >= 15 is 0 Å². The maximum atomic E-state index is 13.9. The molecule has 8 nitrogen and oxygen atoms in total. The summed E-state index contributed by atoms with van der Waals surface area (Å²) in [5, 5.41) is 2.44. The molecular formula is C22H21F2N3O5. The Morgan fingerprint density at radius 1 is 1.25 bits per heavy atom. The number of hydrogen-bond acceptors (Lipinski definition) is 5. The number of ketones is 1. The highest BCUT2D eigenvalue weighted by Crippen LogP contribution is 2.27. The molecule has 0 saturated carbocycles. The second-order valence-corrected chi connectivity index (χ2v) is 8.00. The van der Waals surface area contributed by atoms with Crippen molar-refractivity contribution >= 4 is 17.6 Å². The standard InChI is InChI=1S/C22H21F2N3O5/c1-11-10-32-18-9-26-8-16(21(30)25-7-13-3-4-14(23)6-17(13)24)20(29)15(5-12(2)28)19(26)22(31)27(11)18/h3-4,6,8,11,18H,5,7,9-10H2,1-2H3,(H,25,30)/t11-,18+/m0/s1. The molecule has 0 radical (unpaired) electrons. The molecule has 2 aliphatic heterocycles. The summed E-state index contributed by atoms with van der Waals surface area (Å²) in [6.07, 6.45) is 0.419. The molecule has 1 N–H and O–H groups in total. The summed E-state index contributed by atoms with van der Waals surface area (Å²) in [7, 11) is 0. The van der Waals surface area contributed by atoms with Crippen LogP contribution in [0.5, 0.6) is 0 Å². The largest absolute Gasteiger partial charge is 0.354 e. The van der Waals surface area contributed by atoms with Crippen molar-refractivity contribution in [2.24, 2.45) is 0 Å². The number of nitrogens with zero attached hydrogens (tertiary/aromatic N) is 2. The summed E-state index contributed by atoms with van der Waals surface area (Å²) in [6, 6.07) is 2.76. The molecule has 2 atom stereocenters. The number of hydrogen-bond donors (Lipinski definition) is 1. The zero-order chi connectivity index (χ0) is 23.2. The van der Waals surface area contributed by atoms with Gasteiger partial charge in [0.25, 0.3) is 11.8 Å². The third kappa shape index (κ3) is 3.81. The van der Waals surface area contributed by atoms with Gasteiger partial charge >= 0.3 is 0 Å². The number of aromatic nitrogens is 1. The molecule has 2 aromatic rings. The summed E-state index contributed by atoms with van der Waals surface area (Å²) in [6.45, 7) is 3.38. The third-order valence-electron chi connectivity index (χ3n) is 5.61. The smallest absolute Gasteiger partial charge is 0.273 e. The summed E-state index contributed by atoms with van der Waals surface area (Å²) in [4.78, 5) is 52.4. The first kappa shape index (κ1) is 21.8. The van der Waals surface area contributed by atoms with E-state index < -0.39 is 35.1 Å². The molecule has 2 aliphatic rings. The first-order chi connectivity index (χ1) is 15.2. The molecule has 32 heavy (non-hydrogen) atoms. The molecule has 0 unspecified atom stereocenters. The fraction of sp³-hybridized carbons (Fsp3) is 0.364. The summed E-state index contributed by atoms with van der Waals surface area (Å²) in [5.41, 5.74) is -0.954. The van der Waals surface area contributed by atoms with Gasteiger partial charge in [0.15, 0.2) is 11.7 Å². The molecule has 2 amide bonds. The van der Waals surface area contributed by atoms with Crippen LogP contribution >= 0.6 is 0 Å². The molecule has 0 bridgehead atoms. The van der Waals surface area contributed by atoms with E-state index in [1.807, 2.05) is 6.92 Å². The van der Waals surface area contributed by atoms with Crippen LogP contribution in [0.4, 0.5) is 8.78 Å². The van der Waals surface area contributed by atoms with E-state index in [4.69, 9.17) is 4.74 Å². The predicted molar refractivity (Wildman–Crippen MR) is 108 cm³/mol. The van der Waals surface area contributed by atoms with E-state index in [1.54, 1.807) is 0 Å². The van der Waals surface area contributed by atoms with Crippen molar-refractivity contribution in [1.82, 2.24) is 14.8 Å². The van der Waals surface area contributed by atoms with Crippen LogP contribution in [-0.2, 0) is 29.0 Å². The Hall–Kier alpha value is -3.40. The number of amides is 2. The Balaban J connectivity index is 1.70. The van der Waals surface area contributed by atoms with Gasteiger partial charge in [-0.1, -0.05) is 6.07 Å². The fourth-order valence-corrected chi connectivity index (χ4v) is 4.09. The number of fused-ring (bicyclic) bond motifs is 2. The number of carbonyl (C=O) groups excluding carboxylic acids is 3. The monoisotopic (exact) mass is 445 g/mol. The zero-order valence-electron chi connectivity index (χ0n) is 17.5. The van der Waals surface area contributed by atoms with Crippen LogP contribution in [0.1, 0.15) is 45.8 Å². The SMILES string of the molecule is CC(=O)Cc1c2n(cc(C(=O)NCc3ccc(F)cc3F)c1=O)C[C@H]1OC[C@H](C)N1C2=O. The molecule has 4 rings (SSSR count). The van der Waals surface area contributed by atoms with Gasteiger partial charge in [-0.15, -0.1) is 0 Å². The lowest BCUT2D eigenvalue weighted by Gasteiger charge is -2.34. The lowest BCUT2D eigenvalue weighted by atomic mass is 10.0. The van der Waals surface area contributed by atoms with Gasteiger partial charge in [-0.05, 0) is 19.9 Å². The van der Waals surface area contributed by atoms with Gasteiger partial charge in [-0.25, -0.2) is 8.78 Å². The minimum Gasteiger partial charge on any atom is -0.354 e. The van der Waals surface area contributed by atoms with Gasteiger partial charge in [-0.2, -0.15) is 0 Å². The molecule has 10 heteroatoms. The molecular weight excluding hydrogens is 424 g/mol. The van der Waals surface area contributed by atoms with Crippen LogP contribution in [0.3, 0.4) is 0 Å². The van der Waals surface area contributed by atoms with Crippen LogP contribution in [0, 0.1) is 11.6 Å². The summed E-state index contributed by atoms with van der Waals surface area (Å²) < 4.78 is 34.1. The quantitative estimate of drug-likeness (QED) is 0.750. The van der Waals surface area contributed by atoms with Crippen LogP contribution in [0.15, 0.2) is 29.2 Å². The average Bonchev–Trinajstić information content (AvgIpc) is 3.09. The number of nitrogens with one attached hydrogen (secondary N) is 1. The minimum absolute atomic E-state index is 0.0425. The van der Waals surface area contributed by atoms with Crippen molar-refractivity contribution in [3.63, 3.8) is 0 Å². The Bertz CT molecular complexity index is 1190. The average molecular weight is 445 g/mol. The van der Waals surface area contributed by atoms with Crippen molar-refractivity contribution in [2.75, 3.05) is 6.61 Å². The Kier molecular flexibility index (Phi) is 5.64. The highest BCUT2D eigenvalue weighted by atomic mass is 19.1. The number of carbonyl (C=O) groups is 3. The minimum atomic E-state index is -0.831. The topological polar surface area (TPSA) is 97.7 Å². The molecule has 3 heterocycles. The van der Waals surface area contributed by atoms with Crippen molar-refractivity contribution in [1.29, 1.82) is 0 Å². The second kappa shape index (κ2) is 8.27. The van der Waals surface area contributed by atoms with Crippen LogP contribution < -0.4 is 10.7 Å². The number of ether oxygens (including phenoxy) is 1. The van der Waals surface area contributed by atoms with Gasteiger partial charge in [0.1, 0.15) is 28.7 Å². The van der Waals surface area contributed by atoms with E-state index in [2.05, 4.69) is 5.32 Å². The van der Waals surface area contributed by atoms with E-state index in [1.165, 1.54) is 28.7 Å². The predicted octanol–water partition coefficient (Wildman–Crippen LogP) is 1.39. The van der Waals surface area contributed by atoms with Crippen molar-refractivity contribution in [2.45, 2.75) is 45.6 Å². The highest BCUT2D eigenvalue weighted by molar-refractivity contribution is 5.99. The van der Waals surface area contributed by atoms with Gasteiger partial charge < -0.3 is 19.5 Å². The normalized spacial score (nSPS) is 19.5. The maximum Gasteiger partial charge on any atom is 0.273 e.